The van der Waals surface area contributed by atoms with Crippen molar-refractivity contribution in [2.24, 2.45) is 5.41 Å². The zero-order valence-electron chi connectivity index (χ0n) is 15.8. The van der Waals surface area contributed by atoms with Crippen LogP contribution in [0.1, 0.15) is 33.3 Å². The van der Waals surface area contributed by atoms with E-state index in [4.69, 9.17) is 10.1 Å². The molecular weight excluding hydrogens is 406 g/mol. The highest BCUT2D eigenvalue weighted by atomic mass is 79.9. The third kappa shape index (κ3) is 3.85. The Hall–Kier alpha value is -2.36. The lowest BCUT2D eigenvalue weighted by Crippen LogP contribution is -2.31. The Morgan fingerprint density at radius 2 is 2.07 bits per heavy atom. The quantitative estimate of drug-likeness (QED) is 0.426. The first kappa shape index (κ1) is 19.4. The summed E-state index contributed by atoms with van der Waals surface area (Å²) in [5.74, 6) is 6.23. The smallest absolute Gasteiger partial charge is 0.258 e. The van der Waals surface area contributed by atoms with Gasteiger partial charge in [0.15, 0.2) is 0 Å². The summed E-state index contributed by atoms with van der Waals surface area (Å²) in [4.78, 5) is 20.1. The second-order valence-corrected chi connectivity index (χ2v) is 8.51. The van der Waals surface area contributed by atoms with Crippen LogP contribution in [0.15, 0.2) is 33.7 Å². The molecule has 0 spiro atoms. The van der Waals surface area contributed by atoms with E-state index in [1.54, 1.807) is 6.20 Å². The number of aliphatic hydroxyl groups excluding tert-OH is 1. The number of rotatable bonds is 2. The minimum atomic E-state index is -0.258. The summed E-state index contributed by atoms with van der Waals surface area (Å²) in [5, 5.41) is 14.7. The van der Waals surface area contributed by atoms with Crippen molar-refractivity contribution in [3.63, 3.8) is 0 Å². The van der Waals surface area contributed by atoms with Crippen LogP contribution in [0.5, 0.6) is 0 Å². The number of nitrogens with zero attached hydrogens (tertiary/aromatic N) is 1. The van der Waals surface area contributed by atoms with Gasteiger partial charge in [-0.15, -0.1) is 0 Å². The molecule has 0 bridgehead atoms. The number of halogens is 1. The highest BCUT2D eigenvalue weighted by molar-refractivity contribution is 9.10. The monoisotopic (exact) mass is 427 g/mol. The van der Waals surface area contributed by atoms with Crippen LogP contribution in [0.4, 0.5) is 5.82 Å². The lowest BCUT2D eigenvalue weighted by atomic mass is 9.88. The molecule has 0 saturated carbocycles. The second kappa shape index (κ2) is 7.34. The van der Waals surface area contributed by atoms with Crippen LogP contribution >= 0.6 is 15.9 Å². The van der Waals surface area contributed by atoms with Crippen molar-refractivity contribution < 1.29 is 5.11 Å². The molecule has 1 unspecified atom stereocenters. The van der Waals surface area contributed by atoms with Gasteiger partial charge in [0, 0.05) is 27.5 Å². The molecule has 0 amide bonds. The van der Waals surface area contributed by atoms with Crippen molar-refractivity contribution in [2.75, 3.05) is 11.9 Å². The first-order chi connectivity index (χ1) is 12.7. The Balaban J connectivity index is 2.39. The molecule has 27 heavy (non-hydrogen) atoms. The SMILES string of the molecule is CC(Nc1nc2c(C#CCO)c[nH]c(=O)c2c2cc(Br)ccc12)C(C)(C)C. The van der Waals surface area contributed by atoms with Gasteiger partial charge in [0.1, 0.15) is 12.4 Å². The molecule has 0 aliphatic rings. The van der Waals surface area contributed by atoms with Crippen molar-refractivity contribution >= 4 is 43.4 Å². The normalized spacial score (nSPS) is 12.7. The second-order valence-electron chi connectivity index (χ2n) is 7.60. The van der Waals surface area contributed by atoms with Gasteiger partial charge >= 0.3 is 0 Å². The maximum Gasteiger partial charge on any atom is 0.258 e. The summed E-state index contributed by atoms with van der Waals surface area (Å²) in [6, 6.07) is 5.97. The summed E-state index contributed by atoms with van der Waals surface area (Å²) in [7, 11) is 0. The molecule has 3 aromatic rings. The van der Waals surface area contributed by atoms with Gasteiger partial charge in [0.05, 0.1) is 16.5 Å². The Labute approximate surface area is 166 Å². The molecule has 0 radical (unpaired) electrons. The van der Waals surface area contributed by atoms with Gasteiger partial charge in [0.25, 0.3) is 5.56 Å². The molecule has 3 rings (SSSR count). The number of aromatic nitrogens is 2. The maximum absolute atomic E-state index is 12.6. The van der Waals surface area contributed by atoms with Crippen LogP contribution in [0.3, 0.4) is 0 Å². The molecule has 1 atom stereocenters. The van der Waals surface area contributed by atoms with E-state index >= 15 is 0 Å². The topological polar surface area (TPSA) is 78.0 Å². The predicted molar refractivity (Wildman–Crippen MR) is 114 cm³/mol. The van der Waals surface area contributed by atoms with E-state index in [9.17, 15) is 4.79 Å². The average Bonchev–Trinajstić information content (AvgIpc) is 2.60. The van der Waals surface area contributed by atoms with Gasteiger partial charge in [-0.05, 0) is 30.5 Å². The van der Waals surface area contributed by atoms with E-state index in [0.29, 0.717) is 22.3 Å². The molecule has 0 aliphatic carbocycles. The average molecular weight is 428 g/mol. The first-order valence-corrected chi connectivity index (χ1v) is 9.52. The number of H-pyrrole nitrogens is 1. The molecule has 2 heterocycles. The van der Waals surface area contributed by atoms with Crippen LogP contribution < -0.4 is 10.9 Å². The molecule has 2 aromatic heterocycles. The number of aliphatic hydroxyl groups is 1. The highest BCUT2D eigenvalue weighted by Crippen LogP contribution is 2.32. The Bertz CT molecular complexity index is 1130. The van der Waals surface area contributed by atoms with Crippen molar-refractivity contribution in [1.29, 1.82) is 0 Å². The number of nitrogens with one attached hydrogen (secondary N) is 2. The standard InChI is InChI=1S/C21H22BrN3O2/c1-12(21(2,3)4)24-19-15-8-7-14(22)10-16(15)17-18(25-19)13(6-5-9-26)11-23-20(17)27/h7-8,10-12,26H,9H2,1-4H3,(H,23,27)(H,24,25). The van der Waals surface area contributed by atoms with Crippen LogP contribution in [0.2, 0.25) is 0 Å². The fraction of sp³-hybridized carbons (Fsp3) is 0.333. The van der Waals surface area contributed by atoms with Crippen LogP contribution in [0, 0.1) is 17.3 Å². The lowest BCUT2D eigenvalue weighted by Gasteiger charge is -2.29. The highest BCUT2D eigenvalue weighted by Gasteiger charge is 2.22. The number of aromatic amines is 1. The molecule has 0 aliphatic heterocycles. The fourth-order valence-electron chi connectivity index (χ4n) is 2.75. The molecule has 5 nitrogen and oxygen atoms in total. The lowest BCUT2D eigenvalue weighted by molar-refractivity contribution is 0.350. The van der Waals surface area contributed by atoms with E-state index in [1.165, 1.54) is 0 Å². The van der Waals surface area contributed by atoms with Gasteiger partial charge in [-0.1, -0.05) is 48.5 Å². The van der Waals surface area contributed by atoms with E-state index in [0.717, 1.165) is 15.2 Å². The fourth-order valence-corrected chi connectivity index (χ4v) is 3.11. The minimum absolute atomic E-state index is 0.0337. The Morgan fingerprint density at radius 3 is 2.74 bits per heavy atom. The van der Waals surface area contributed by atoms with Crippen molar-refractivity contribution in [3.8, 4) is 11.8 Å². The number of hydrogen-bond donors (Lipinski definition) is 3. The van der Waals surface area contributed by atoms with E-state index in [2.05, 4.69) is 65.8 Å². The van der Waals surface area contributed by atoms with Gasteiger partial charge in [-0.25, -0.2) is 4.98 Å². The van der Waals surface area contributed by atoms with Gasteiger partial charge < -0.3 is 15.4 Å². The zero-order valence-corrected chi connectivity index (χ0v) is 17.4. The van der Waals surface area contributed by atoms with Crippen molar-refractivity contribution in [1.82, 2.24) is 9.97 Å². The number of benzene rings is 1. The van der Waals surface area contributed by atoms with Crippen molar-refractivity contribution in [3.05, 3.63) is 44.8 Å². The molecular formula is C21H22BrN3O2. The largest absolute Gasteiger partial charge is 0.384 e. The zero-order chi connectivity index (χ0) is 19.8. The van der Waals surface area contributed by atoms with E-state index in [-0.39, 0.29) is 23.6 Å². The van der Waals surface area contributed by atoms with Crippen LogP contribution in [-0.2, 0) is 0 Å². The van der Waals surface area contributed by atoms with Gasteiger partial charge in [-0.2, -0.15) is 0 Å². The summed E-state index contributed by atoms with van der Waals surface area (Å²) in [6.07, 6.45) is 1.54. The number of anilines is 1. The molecule has 6 heteroatoms. The van der Waals surface area contributed by atoms with Crippen LogP contribution in [0.25, 0.3) is 21.7 Å². The summed E-state index contributed by atoms with van der Waals surface area (Å²) in [6.45, 7) is 8.33. The third-order valence-electron chi connectivity index (χ3n) is 4.75. The summed E-state index contributed by atoms with van der Waals surface area (Å²) >= 11 is 3.50. The Kier molecular flexibility index (Phi) is 5.27. The molecule has 0 fully saturated rings. The number of pyridine rings is 2. The maximum atomic E-state index is 12.6. The Morgan fingerprint density at radius 1 is 1.33 bits per heavy atom. The molecule has 140 valence electrons. The number of hydrogen-bond acceptors (Lipinski definition) is 4. The summed E-state index contributed by atoms with van der Waals surface area (Å²) in [5.41, 5.74) is 0.915. The van der Waals surface area contributed by atoms with Crippen LogP contribution in [-0.4, -0.2) is 27.7 Å². The van der Waals surface area contributed by atoms with Crippen molar-refractivity contribution in [2.45, 2.75) is 33.7 Å². The first-order valence-electron chi connectivity index (χ1n) is 8.73. The van der Waals surface area contributed by atoms with Gasteiger partial charge in [-0.3, -0.25) is 4.79 Å². The molecule has 0 saturated heterocycles. The number of fused-ring (bicyclic) bond motifs is 3. The van der Waals surface area contributed by atoms with Gasteiger partial charge in [0.2, 0.25) is 0 Å². The third-order valence-corrected chi connectivity index (χ3v) is 5.24. The minimum Gasteiger partial charge on any atom is -0.384 e. The molecule has 3 N–H and O–H groups in total. The van der Waals surface area contributed by atoms with E-state index in [1.807, 2.05) is 18.2 Å². The van der Waals surface area contributed by atoms with E-state index < -0.39 is 0 Å². The predicted octanol–water partition coefficient (Wildman–Crippen LogP) is 4.03. The summed E-state index contributed by atoms with van der Waals surface area (Å²) < 4.78 is 0.878. The molecule has 1 aromatic carbocycles.